The number of anilines is 1. The maximum atomic E-state index is 11.7. The Bertz CT molecular complexity index is 503. The highest BCUT2D eigenvalue weighted by Gasteiger charge is 2.28. The number of hydrogen-bond acceptors (Lipinski definition) is 3. The minimum absolute atomic E-state index is 0.499. The first-order valence-electron chi connectivity index (χ1n) is 5.42. The van der Waals surface area contributed by atoms with Crippen LogP contribution >= 0.6 is 15.9 Å². The van der Waals surface area contributed by atoms with Gasteiger partial charge in [-0.15, -0.1) is 0 Å². The molecule has 3 N–H and O–H groups in total. The van der Waals surface area contributed by atoms with Crippen molar-refractivity contribution in [1.82, 2.24) is 5.32 Å². The van der Waals surface area contributed by atoms with E-state index in [0.29, 0.717) is 11.4 Å². The summed E-state index contributed by atoms with van der Waals surface area (Å²) in [5.74, 6) is -0.550. The number of amides is 2. The third-order valence-corrected chi connectivity index (χ3v) is 3.02. The van der Waals surface area contributed by atoms with Crippen molar-refractivity contribution in [3.8, 4) is 5.75 Å². The third-order valence-electron chi connectivity index (χ3n) is 2.37. The molecule has 0 aromatic heterocycles. The molecule has 104 valence electrons. The molecule has 0 saturated carbocycles. The minimum atomic E-state index is -1.34. The fraction of sp³-hybridized carbons (Fsp3) is 0.333. The molecule has 19 heavy (non-hydrogen) atoms. The quantitative estimate of drug-likeness (QED) is 0.791. The monoisotopic (exact) mass is 330 g/mol. The molecule has 0 radical (unpaired) electrons. The molecule has 0 unspecified atom stereocenters. The summed E-state index contributed by atoms with van der Waals surface area (Å²) in [6.45, 7) is 2.80. The number of hydrogen-bond donors (Lipinski definition) is 3. The average Bonchev–Trinajstić information content (AvgIpc) is 2.30. The summed E-state index contributed by atoms with van der Waals surface area (Å²) in [5.41, 5.74) is -0.845. The number of carbonyl (C=O) groups is 2. The van der Waals surface area contributed by atoms with Crippen LogP contribution in [0.3, 0.4) is 0 Å². The number of urea groups is 1. The van der Waals surface area contributed by atoms with E-state index in [0.717, 1.165) is 4.47 Å². The lowest BCUT2D eigenvalue weighted by atomic mass is 10.1. The van der Waals surface area contributed by atoms with Gasteiger partial charge in [0, 0.05) is 11.8 Å². The molecule has 0 heterocycles. The number of ether oxygens (including phenoxy) is 1. The second kappa shape index (κ2) is 5.92. The van der Waals surface area contributed by atoms with Crippen molar-refractivity contribution in [1.29, 1.82) is 0 Å². The number of aliphatic carboxylic acids is 1. The van der Waals surface area contributed by atoms with E-state index in [-0.39, 0.29) is 0 Å². The zero-order chi connectivity index (χ0) is 14.6. The highest BCUT2D eigenvalue weighted by molar-refractivity contribution is 9.10. The molecule has 6 nitrogen and oxygen atoms in total. The number of carboxylic acids is 1. The molecule has 1 aromatic rings. The first-order chi connectivity index (χ1) is 8.76. The summed E-state index contributed by atoms with van der Waals surface area (Å²) in [7, 11) is 1.51. The Hall–Kier alpha value is -1.76. The van der Waals surface area contributed by atoms with Crippen LogP contribution in [0, 0.1) is 0 Å². The van der Waals surface area contributed by atoms with Gasteiger partial charge in [-0.25, -0.2) is 9.59 Å². The summed E-state index contributed by atoms with van der Waals surface area (Å²) in [6, 6.07) is 4.41. The topological polar surface area (TPSA) is 87.7 Å². The number of halogens is 1. The van der Waals surface area contributed by atoms with E-state index in [1.807, 2.05) is 0 Å². The number of carboxylic acid groups (broad SMARTS) is 1. The third kappa shape index (κ3) is 4.13. The molecule has 0 fully saturated rings. The van der Waals surface area contributed by atoms with Gasteiger partial charge in [0.2, 0.25) is 0 Å². The predicted molar refractivity (Wildman–Crippen MR) is 74.6 cm³/mol. The van der Waals surface area contributed by atoms with Gasteiger partial charge in [-0.1, -0.05) is 0 Å². The predicted octanol–water partition coefficient (Wildman–Crippen LogP) is 2.44. The fourth-order valence-corrected chi connectivity index (χ4v) is 1.65. The maximum absolute atomic E-state index is 11.7. The Morgan fingerprint density at radius 3 is 2.53 bits per heavy atom. The molecule has 2 amide bonds. The van der Waals surface area contributed by atoms with Crippen molar-refractivity contribution in [3.05, 3.63) is 22.7 Å². The fourth-order valence-electron chi connectivity index (χ4n) is 1.24. The van der Waals surface area contributed by atoms with Crippen LogP contribution in [-0.4, -0.2) is 29.8 Å². The van der Waals surface area contributed by atoms with Crippen molar-refractivity contribution in [2.24, 2.45) is 0 Å². The van der Waals surface area contributed by atoms with Crippen molar-refractivity contribution in [3.63, 3.8) is 0 Å². The molecule has 0 atom stereocenters. The molecule has 1 rings (SSSR count). The maximum Gasteiger partial charge on any atom is 0.328 e. The molecule has 1 aromatic carbocycles. The zero-order valence-corrected chi connectivity index (χ0v) is 12.4. The molecular weight excluding hydrogens is 316 g/mol. The van der Waals surface area contributed by atoms with Crippen molar-refractivity contribution < 1.29 is 19.4 Å². The molecule has 7 heteroatoms. The normalized spacial score (nSPS) is 10.7. The molecule has 0 spiro atoms. The van der Waals surface area contributed by atoms with Crippen molar-refractivity contribution >= 4 is 33.6 Å². The van der Waals surface area contributed by atoms with Gasteiger partial charge < -0.3 is 20.5 Å². The standard InChI is InChI=1S/C12H15BrN2O4/c1-12(2,10(16)17)15-11(18)14-7-4-5-8(13)9(6-7)19-3/h4-6H,1-3H3,(H,16,17)(H2,14,15,18). The average molecular weight is 331 g/mol. The molecule has 0 saturated heterocycles. The number of carbonyl (C=O) groups excluding carboxylic acids is 1. The van der Waals surface area contributed by atoms with E-state index in [9.17, 15) is 9.59 Å². The van der Waals surface area contributed by atoms with Crippen LogP contribution < -0.4 is 15.4 Å². The highest BCUT2D eigenvalue weighted by Crippen LogP contribution is 2.27. The highest BCUT2D eigenvalue weighted by atomic mass is 79.9. The van der Waals surface area contributed by atoms with Gasteiger partial charge in [0.05, 0.1) is 11.6 Å². The van der Waals surface area contributed by atoms with Gasteiger partial charge in [0.15, 0.2) is 0 Å². The van der Waals surface area contributed by atoms with E-state index in [4.69, 9.17) is 9.84 Å². The van der Waals surface area contributed by atoms with Gasteiger partial charge in [0.1, 0.15) is 11.3 Å². The first kappa shape index (κ1) is 15.3. The summed E-state index contributed by atoms with van der Waals surface area (Å²) < 4.78 is 5.85. The summed E-state index contributed by atoms with van der Waals surface area (Å²) >= 11 is 3.29. The van der Waals surface area contributed by atoms with Crippen molar-refractivity contribution in [2.45, 2.75) is 19.4 Å². The second-order valence-electron chi connectivity index (χ2n) is 4.36. The van der Waals surface area contributed by atoms with E-state index in [1.165, 1.54) is 21.0 Å². The summed E-state index contributed by atoms with van der Waals surface area (Å²) in [5, 5.41) is 13.8. The van der Waals surface area contributed by atoms with Crippen LogP contribution in [0.4, 0.5) is 10.5 Å². The Kier molecular flexibility index (Phi) is 4.77. The number of rotatable bonds is 4. The SMILES string of the molecule is COc1cc(NC(=O)NC(C)(C)C(=O)O)ccc1Br. The van der Waals surface area contributed by atoms with Crippen LogP contribution in [0.1, 0.15) is 13.8 Å². The number of methoxy groups -OCH3 is 1. The van der Waals surface area contributed by atoms with Gasteiger partial charge >= 0.3 is 12.0 Å². The second-order valence-corrected chi connectivity index (χ2v) is 5.21. The molecule has 0 aliphatic heterocycles. The Morgan fingerprint density at radius 1 is 1.37 bits per heavy atom. The Labute approximate surface area is 119 Å². The van der Waals surface area contributed by atoms with Gasteiger partial charge in [0.25, 0.3) is 0 Å². The van der Waals surface area contributed by atoms with Crippen LogP contribution in [0.25, 0.3) is 0 Å². The molecule has 0 aliphatic rings. The smallest absolute Gasteiger partial charge is 0.328 e. The van der Waals surface area contributed by atoms with Crippen LogP contribution in [0.2, 0.25) is 0 Å². The lowest BCUT2D eigenvalue weighted by molar-refractivity contribution is -0.142. The van der Waals surface area contributed by atoms with E-state index in [2.05, 4.69) is 26.6 Å². The lowest BCUT2D eigenvalue weighted by Gasteiger charge is -2.21. The molecule has 0 aliphatic carbocycles. The Morgan fingerprint density at radius 2 is 2.00 bits per heavy atom. The van der Waals surface area contributed by atoms with Gasteiger partial charge in [-0.05, 0) is 41.9 Å². The van der Waals surface area contributed by atoms with E-state index >= 15 is 0 Å². The summed E-state index contributed by atoms with van der Waals surface area (Å²) in [6.07, 6.45) is 0. The summed E-state index contributed by atoms with van der Waals surface area (Å²) in [4.78, 5) is 22.6. The van der Waals surface area contributed by atoms with Crippen molar-refractivity contribution in [2.75, 3.05) is 12.4 Å². The zero-order valence-electron chi connectivity index (χ0n) is 10.8. The van der Waals surface area contributed by atoms with Gasteiger partial charge in [-0.2, -0.15) is 0 Å². The number of nitrogens with one attached hydrogen (secondary N) is 2. The minimum Gasteiger partial charge on any atom is -0.495 e. The lowest BCUT2D eigenvalue weighted by Crippen LogP contribution is -2.51. The Balaban J connectivity index is 2.75. The first-order valence-corrected chi connectivity index (χ1v) is 6.21. The number of benzene rings is 1. The van der Waals surface area contributed by atoms with E-state index in [1.54, 1.807) is 18.2 Å². The largest absolute Gasteiger partial charge is 0.495 e. The molecule has 0 bridgehead atoms. The van der Waals surface area contributed by atoms with E-state index < -0.39 is 17.5 Å². The van der Waals surface area contributed by atoms with Crippen LogP contribution in [-0.2, 0) is 4.79 Å². The molecular formula is C12H15BrN2O4. The van der Waals surface area contributed by atoms with Crippen LogP contribution in [0.5, 0.6) is 5.75 Å². The van der Waals surface area contributed by atoms with Crippen LogP contribution in [0.15, 0.2) is 22.7 Å². The van der Waals surface area contributed by atoms with Gasteiger partial charge in [-0.3, -0.25) is 0 Å².